The standard InChI is InChI=1S/C19H32N4O2S/c1-15-6-4-9-18(12-15)16(2)13-22-19(20-3)21-10-11-26(24,25)23-14-17-7-5-8-17/h4,6,9,12,16-17,23H,5,7-8,10-11,13-14H2,1-3H3,(H2,20,21,22). The second-order valence-corrected chi connectivity index (χ2v) is 9.09. The van der Waals surface area contributed by atoms with Crippen molar-refractivity contribution in [2.24, 2.45) is 10.9 Å². The van der Waals surface area contributed by atoms with Crippen LogP contribution in [0.2, 0.25) is 0 Å². The predicted octanol–water partition coefficient (Wildman–Crippen LogP) is 1.98. The van der Waals surface area contributed by atoms with Gasteiger partial charge in [0, 0.05) is 26.7 Å². The summed E-state index contributed by atoms with van der Waals surface area (Å²) in [6.45, 7) is 5.88. The second-order valence-electron chi connectivity index (χ2n) is 7.16. The molecule has 0 heterocycles. The average molecular weight is 381 g/mol. The van der Waals surface area contributed by atoms with Crippen molar-refractivity contribution >= 4 is 16.0 Å². The van der Waals surface area contributed by atoms with E-state index in [2.05, 4.69) is 58.5 Å². The molecule has 6 nitrogen and oxygen atoms in total. The quantitative estimate of drug-likeness (QED) is 0.452. The van der Waals surface area contributed by atoms with Crippen molar-refractivity contribution in [2.45, 2.75) is 39.0 Å². The third kappa shape index (κ3) is 6.96. The summed E-state index contributed by atoms with van der Waals surface area (Å²) in [5.74, 6) is 1.53. The van der Waals surface area contributed by atoms with Crippen LogP contribution in [-0.2, 0) is 10.0 Å². The van der Waals surface area contributed by atoms with Crippen LogP contribution in [0.1, 0.15) is 43.2 Å². The van der Waals surface area contributed by atoms with Gasteiger partial charge >= 0.3 is 0 Å². The zero-order valence-corrected chi connectivity index (χ0v) is 16.9. The lowest BCUT2D eigenvalue weighted by atomic mass is 9.86. The zero-order valence-electron chi connectivity index (χ0n) is 16.1. The normalized spacial score (nSPS) is 16.8. The van der Waals surface area contributed by atoms with E-state index in [4.69, 9.17) is 0 Å². The molecule has 146 valence electrons. The molecule has 0 aliphatic heterocycles. The van der Waals surface area contributed by atoms with Gasteiger partial charge in [-0.15, -0.1) is 0 Å². The van der Waals surface area contributed by atoms with Gasteiger partial charge in [0.15, 0.2) is 5.96 Å². The number of hydrogen-bond donors (Lipinski definition) is 3. The van der Waals surface area contributed by atoms with Gasteiger partial charge in [-0.3, -0.25) is 4.99 Å². The molecule has 0 spiro atoms. The first-order chi connectivity index (χ1) is 12.4. The van der Waals surface area contributed by atoms with E-state index < -0.39 is 10.0 Å². The largest absolute Gasteiger partial charge is 0.356 e. The molecule has 1 aliphatic carbocycles. The van der Waals surface area contributed by atoms with Gasteiger partial charge in [-0.1, -0.05) is 43.2 Å². The van der Waals surface area contributed by atoms with E-state index in [-0.39, 0.29) is 5.75 Å². The fraction of sp³-hybridized carbons (Fsp3) is 0.632. The van der Waals surface area contributed by atoms with E-state index in [1.807, 2.05) is 0 Å². The van der Waals surface area contributed by atoms with E-state index in [0.29, 0.717) is 30.9 Å². The molecule has 1 aliphatic rings. The molecule has 7 heteroatoms. The highest BCUT2D eigenvalue weighted by atomic mass is 32.2. The zero-order chi connectivity index (χ0) is 19.0. The van der Waals surface area contributed by atoms with Crippen molar-refractivity contribution in [3.8, 4) is 0 Å². The number of nitrogens with zero attached hydrogens (tertiary/aromatic N) is 1. The highest BCUT2D eigenvalue weighted by molar-refractivity contribution is 7.89. The SMILES string of the molecule is CN=C(NCCS(=O)(=O)NCC1CCC1)NCC(C)c1cccc(C)c1. The first-order valence-corrected chi connectivity index (χ1v) is 11.0. The molecular weight excluding hydrogens is 348 g/mol. The molecule has 1 atom stereocenters. The molecule has 1 aromatic carbocycles. The number of rotatable bonds is 9. The van der Waals surface area contributed by atoms with Gasteiger partial charge in [0.2, 0.25) is 10.0 Å². The monoisotopic (exact) mass is 380 g/mol. The summed E-state index contributed by atoms with van der Waals surface area (Å²) in [5, 5.41) is 6.34. The summed E-state index contributed by atoms with van der Waals surface area (Å²) < 4.78 is 26.7. The third-order valence-electron chi connectivity index (χ3n) is 4.89. The summed E-state index contributed by atoms with van der Waals surface area (Å²) in [5.41, 5.74) is 2.52. The van der Waals surface area contributed by atoms with E-state index >= 15 is 0 Å². The first-order valence-electron chi connectivity index (χ1n) is 9.38. The molecule has 0 aromatic heterocycles. The van der Waals surface area contributed by atoms with E-state index in [9.17, 15) is 8.42 Å². The Balaban J connectivity index is 1.70. The van der Waals surface area contributed by atoms with Crippen LogP contribution in [0.15, 0.2) is 29.3 Å². The summed E-state index contributed by atoms with van der Waals surface area (Å²) >= 11 is 0. The first kappa shape index (κ1) is 20.7. The summed E-state index contributed by atoms with van der Waals surface area (Å²) in [6, 6.07) is 8.46. The number of benzene rings is 1. The fourth-order valence-electron chi connectivity index (χ4n) is 2.88. The Kier molecular flexibility index (Phi) is 7.90. The summed E-state index contributed by atoms with van der Waals surface area (Å²) in [4.78, 5) is 4.17. The highest BCUT2D eigenvalue weighted by Crippen LogP contribution is 2.25. The number of guanidine groups is 1. The van der Waals surface area contributed by atoms with Crippen LogP contribution in [0.25, 0.3) is 0 Å². The molecule has 0 amide bonds. The lowest BCUT2D eigenvalue weighted by Crippen LogP contribution is -2.42. The molecule has 26 heavy (non-hydrogen) atoms. The topological polar surface area (TPSA) is 82.6 Å². The molecule has 0 bridgehead atoms. The third-order valence-corrected chi connectivity index (χ3v) is 6.24. The number of nitrogens with one attached hydrogen (secondary N) is 3. The van der Waals surface area contributed by atoms with Crippen LogP contribution in [0, 0.1) is 12.8 Å². The van der Waals surface area contributed by atoms with E-state index in [0.717, 1.165) is 19.4 Å². The van der Waals surface area contributed by atoms with Gasteiger partial charge in [0.25, 0.3) is 0 Å². The number of aryl methyl sites for hydroxylation is 1. The van der Waals surface area contributed by atoms with Crippen LogP contribution >= 0.6 is 0 Å². The molecule has 3 N–H and O–H groups in total. The lowest BCUT2D eigenvalue weighted by Gasteiger charge is -2.25. The van der Waals surface area contributed by atoms with Crippen LogP contribution in [-0.4, -0.2) is 46.8 Å². The lowest BCUT2D eigenvalue weighted by molar-refractivity contribution is 0.316. The molecule has 1 fully saturated rings. The second kappa shape index (κ2) is 9.92. The Hall–Kier alpha value is -1.60. The molecule has 2 rings (SSSR count). The number of hydrogen-bond acceptors (Lipinski definition) is 3. The van der Waals surface area contributed by atoms with Crippen molar-refractivity contribution in [1.29, 1.82) is 0 Å². The van der Waals surface area contributed by atoms with Gasteiger partial charge in [0.05, 0.1) is 5.75 Å². The van der Waals surface area contributed by atoms with Crippen molar-refractivity contribution in [1.82, 2.24) is 15.4 Å². The van der Waals surface area contributed by atoms with Gasteiger partial charge in [-0.2, -0.15) is 0 Å². The Morgan fingerprint density at radius 2 is 2.08 bits per heavy atom. The van der Waals surface area contributed by atoms with E-state index in [1.54, 1.807) is 7.05 Å². The maximum absolute atomic E-state index is 12.0. The van der Waals surface area contributed by atoms with Gasteiger partial charge < -0.3 is 10.6 Å². The van der Waals surface area contributed by atoms with Crippen molar-refractivity contribution in [3.05, 3.63) is 35.4 Å². The minimum Gasteiger partial charge on any atom is -0.356 e. The molecule has 1 aromatic rings. The van der Waals surface area contributed by atoms with Gasteiger partial charge in [-0.25, -0.2) is 13.1 Å². The number of sulfonamides is 1. The van der Waals surface area contributed by atoms with Crippen LogP contribution in [0.5, 0.6) is 0 Å². The Morgan fingerprint density at radius 1 is 1.31 bits per heavy atom. The Bertz CT molecular complexity index is 699. The summed E-state index contributed by atoms with van der Waals surface area (Å²) in [6.07, 6.45) is 3.49. The molecule has 1 saturated carbocycles. The predicted molar refractivity (Wildman–Crippen MR) is 108 cm³/mol. The number of aliphatic imine (C=N–C) groups is 1. The fourth-order valence-corrected chi connectivity index (χ4v) is 3.89. The molecule has 1 unspecified atom stereocenters. The Morgan fingerprint density at radius 3 is 2.69 bits per heavy atom. The minimum absolute atomic E-state index is 0.0495. The van der Waals surface area contributed by atoms with Crippen molar-refractivity contribution < 1.29 is 8.42 Å². The molecule has 0 saturated heterocycles. The average Bonchev–Trinajstić information content (AvgIpc) is 2.56. The van der Waals surface area contributed by atoms with Crippen LogP contribution in [0.3, 0.4) is 0 Å². The van der Waals surface area contributed by atoms with Crippen molar-refractivity contribution in [3.63, 3.8) is 0 Å². The van der Waals surface area contributed by atoms with Gasteiger partial charge in [0.1, 0.15) is 0 Å². The highest BCUT2D eigenvalue weighted by Gasteiger charge is 2.20. The molecule has 0 radical (unpaired) electrons. The smallest absolute Gasteiger partial charge is 0.213 e. The molecular formula is C19H32N4O2S. The van der Waals surface area contributed by atoms with Gasteiger partial charge in [-0.05, 0) is 37.2 Å². The maximum atomic E-state index is 12.0. The van der Waals surface area contributed by atoms with Crippen molar-refractivity contribution in [2.75, 3.05) is 32.4 Å². The minimum atomic E-state index is -3.23. The van der Waals surface area contributed by atoms with Crippen LogP contribution < -0.4 is 15.4 Å². The van der Waals surface area contributed by atoms with E-state index in [1.165, 1.54) is 17.5 Å². The maximum Gasteiger partial charge on any atom is 0.213 e. The summed E-state index contributed by atoms with van der Waals surface area (Å²) in [7, 11) is -1.54. The van der Waals surface area contributed by atoms with Crippen LogP contribution in [0.4, 0.5) is 0 Å². The Labute approximate surface area is 157 Å².